The molecule has 0 saturated heterocycles. The first-order valence-electron chi connectivity index (χ1n) is 27.0. The van der Waals surface area contributed by atoms with Gasteiger partial charge in [0.2, 0.25) is 11.4 Å². The third-order valence-electron chi connectivity index (χ3n) is 7.09. The summed E-state index contributed by atoms with van der Waals surface area (Å²) in [7, 11) is 0. The highest BCUT2D eigenvalue weighted by atomic mass is 15.1. The van der Waals surface area contributed by atoms with E-state index in [0.717, 1.165) is 9.14 Å². The molecular formula is C42H29N2+. The van der Waals surface area contributed by atoms with E-state index in [-0.39, 0.29) is 0 Å². The van der Waals surface area contributed by atoms with Crippen molar-refractivity contribution in [1.82, 2.24) is 9.14 Å². The van der Waals surface area contributed by atoms with Gasteiger partial charge in [-0.1, -0.05) is 121 Å². The van der Waals surface area contributed by atoms with Crippen molar-refractivity contribution in [3.8, 4) is 27.9 Å². The van der Waals surface area contributed by atoms with Gasteiger partial charge in [0.25, 0.3) is 0 Å². The van der Waals surface area contributed by atoms with Crippen molar-refractivity contribution < 1.29 is 38.4 Å². The molecule has 1 aliphatic heterocycles. The van der Waals surface area contributed by atoms with Crippen LogP contribution in [0.1, 0.15) is 49.9 Å². The summed E-state index contributed by atoms with van der Waals surface area (Å²) >= 11 is 0. The predicted octanol–water partition coefficient (Wildman–Crippen LogP) is 10.6. The highest BCUT2D eigenvalue weighted by Gasteiger charge is 2.41. The smallest absolute Gasteiger partial charge is 0.216 e. The molecule has 44 heavy (non-hydrogen) atoms. The van der Waals surface area contributed by atoms with Gasteiger partial charge in [0.1, 0.15) is 0 Å². The molecule has 7 aromatic rings. The summed E-state index contributed by atoms with van der Waals surface area (Å²) in [6, 6.07) is -26.0. The van der Waals surface area contributed by atoms with Crippen molar-refractivity contribution in [2.45, 2.75) is 5.92 Å². The van der Waals surface area contributed by atoms with Crippen LogP contribution in [0.4, 0.5) is 11.4 Å². The lowest BCUT2D eigenvalue weighted by molar-refractivity contribution is 1.10. The molecule has 0 radical (unpaired) electrons. The lowest BCUT2D eigenvalue weighted by Crippen LogP contribution is -2.14. The standard InChI is InChI=1S/C42H29N2/c1-3-12-29(13-4-1)31-22-24-33(25-23-31)43-37-20-9-7-18-35(37)41-39(43)26-27-40-42(41)36-19-8-10-21-38(36)44(40)34-17-11-16-32(28-34)30-14-5-2-6-15-30/h1-28,36H/q+1/i1D,2D,3D,4D,5D,6D,7D,8D,9D,10D,11D,12D,13D,14D,15D,16D,17D,18D,19D,20D,21D,22D,23D,24D,25D,26D,27D,28D. The summed E-state index contributed by atoms with van der Waals surface area (Å²) in [6.07, 6.45) is 0. The van der Waals surface area contributed by atoms with E-state index in [9.17, 15) is 13.7 Å². The van der Waals surface area contributed by atoms with Gasteiger partial charge in [0.05, 0.1) is 60.9 Å². The van der Waals surface area contributed by atoms with Crippen LogP contribution < -0.4 is 4.58 Å². The van der Waals surface area contributed by atoms with E-state index < -0.39 is 248 Å². The van der Waals surface area contributed by atoms with E-state index in [1.54, 1.807) is 0 Å². The maximum Gasteiger partial charge on any atom is 0.216 e. The number of benzene rings is 6. The van der Waals surface area contributed by atoms with Crippen molar-refractivity contribution in [2.75, 3.05) is 0 Å². The van der Waals surface area contributed by atoms with E-state index in [2.05, 4.69) is 0 Å². The number of allylic oxidation sites excluding steroid dienone is 4. The lowest BCUT2D eigenvalue weighted by atomic mass is 9.89. The highest BCUT2D eigenvalue weighted by molar-refractivity contribution is 6.19. The topological polar surface area (TPSA) is 7.94 Å². The molecule has 1 aromatic heterocycles. The number of aromatic nitrogens is 1. The van der Waals surface area contributed by atoms with Gasteiger partial charge in [-0.05, 0) is 46.4 Å². The van der Waals surface area contributed by atoms with Crippen LogP contribution in [-0.2, 0) is 0 Å². The third kappa shape index (κ3) is 3.78. The Morgan fingerprint density at radius 1 is 0.568 bits per heavy atom. The van der Waals surface area contributed by atoms with Crippen LogP contribution in [0.15, 0.2) is 169 Å². The Hall–Kier alpha value is -5.73. The fraction of sp³-hybridized carbons (Fsp3) is 0.0238. The molecule has 1 atom stereocenters. The Morgan fingerprint density at radius 2 is 1.25 bits per heavy atom. The van der Waals surface area contributed by atoms with Crippen LogP contribution in [0.5, 0.6) is 0 Å². The predicted molar refractivity (Wildman–Crippen MR) is 186 cm³/mol. The quantitative estimate of drug-likeness (QED) is 0.180. The Labute approximate surface area is 296 Å². The van der Waals surface area contributed by atoms with Crippen LogP contribution >= 0.6 is 0 Å². The molecule has 0 saturated carbocycles. The summed E-state index contributed by atoms with van der Waals surface area (Å²) in [5.41, 5.74) is -7.68. The Bertz CT molecular complexity index is 3810. The van der Waals surface area contributed by atoms with Gasteiger partial charge in [-0.15, -0.1) is 0 Å². The van der Waals surface area contributed by atoms with Crippen molar-refractivity contribution in [2.24, 2.45) is 0 Å². The fourth-order valence-electron chi connectivity index (χ4n) is 5.32. The number of hydrogen-bond donors (Lipinski definition) is 0. The van der Waals surface area contributed by atoms with Crippen molar-refractivity contribution >= 4 is 38.9 Å². The zero-order valence-electron chi connectivity index (χ0n) is 50.0. The molecule has 0 spiro atoms. The molecular weight excluding hydrogens is 532 g/mol. The van der Waals surface area contributed by atoms with Crippen LogP contribution in [0.25, 0.3) is 49.7 Å². The summed E-state index contributed by atoms with van der Waals surface area (Å²) in [4.78, 5) is 0. The molecule has 2 heteroatoms. The van der Waals surface area contributed by atoms with Crippen LogP contribution in [0, 0.1) is 0 Å². The molecule has 2 aliphatic rings. The molecule has 1 aliphatic carbocycles. The van der Waals surface area contributed by atoms with Crippen LogP contribution in [0.2, 0.25) is 0 Å². The number of nitrogens with zero attached hydrogens (tertiary/aromatic N) is 2. The summed E-state index contributed by atoms with van der Waals surface area (Å²) < 4.78 is 250. The van der Waals surface area contributed by atoms with E-state index in [4.69, 9.17) is 24.7 Å². The second kappa shape index (κ2) is 9.93. The normalized spacial score (nSPS) is 25.0. The molecule has 2 nitrogen and oxygen atoms in total. The molecule has 0 bridgehead atoms. The van der Waals surface area contributed by atoms with E-state index >= 15 is 0 Å². The molecule has 2 heterocycles. The zero-order chi connectivity index (χ0) is 53.4. The molecule has 0 amide bonds. The van der Waals surface area contributed by atoms with E-state index in [0.29, 0.717) is 0 Å². The summed E-state index contributed by atoms with van der Waals surface area (Å²) in [6.45, 7) is 0. The number of rotatable bonds is 4. The summed E-state index contributed by atoms with van der Waals surface area (Å²) in [5, 5.41) is -1.05. The molecule has 0 N–H and O–H groups in total. The van der Waals surface area contributed by atoms with Gasteiger partial charge in [-0.2, -0.15) is 4.58 Å². The number of fused-ring (bicyclic) bond motifs is 7. The second-order valence-corrected chi connectivity index (χ2v) is 9.42. The minimum Gasteiger partial charge on any atom is -0.309 e. The van der Waals surface area contributed by atoms with Gasteiger partial charge in [0, 0.05) is 40.6 Å². The maximum atomic E-state index is 9.72. The molecule has 1 unspecified atom stereocenters. The largest absolute Gasteiger partial charge is 0.309 e. The minimum atomic E-state index is -1.89. The van der Waals surface area contributed by atoms with E-state index in [1.807, 2.05) is 0 Å². The van der Waals surface area contributed by atoms with Gasteiger partial charge in [0.15, 0.2) is 5.71 Å². The minimum absolute atomic E-state index is 0.447. The molecule has 0 fully saturated rings. The highest BCUT2D eigenvalue weighted by Crippen LogP contribution is 2.47. The first-order valence-corrected chi connectivity index (χ1v) is 13.0. The Morgan fingerprint density at radius 3 is 2.05 bits per heavy atom. The van der Waals surface area contributed by atoms with Crippen LogP contribution in [0.3, 0.4) is 0 Å². The monoisotopic (exact) mass is 589 g/mol. The molecule has 206 valence electrons. The van der Waals surface area contributed by atoms with Gasteiger partial charge in [-0.25, -0.2) is 0 Å². The van der Waals surface area contributed by atoms with E-state index in [1.165, 1.54) is 0 Å². The van der Waals surface area contributed by atoms with Gasteiger partial charge in [-0.3, -0.25) is 0 Å². The van der Waals surface area contributed by atoms with Gasteiger partial charge < -0.3 is 4.57 Å². The van der Waals surface area contributed by atoms with Crippen LogP contribution in [-0.4, -0.2) is 10.3 Å². The van der Waals surface area contributed by atoms with Crippen molar-refractivity contribution in [3.05, 3.63) is 175 Å². The number of hydrogen-bond acceptors (Lipinski definition) is 0. The molecule has 6 aromatic carbocycles. The second-order valence-electron chi connectivity index (χ2n) is 9.42. The third-order valence-corrected chi connectivity index (χ3v) is 7.09. The first kappa shape index (κ1) is 9.64. The number of para-hydroxylation sites is 1. The lowest BCUT2D eigenvalue weighted by Gasteiger charge is -2.10. The maximum absolute atomic E-state index is 9.72. The Kier molecular flexibility index (Phi) is 2.17. The average molecular weight is 590 g/mol. The Balaban J connectivity index is 1.52. The van der Waals surface area contributed by atoms with Crippen molar-refractivity contribution in [1.29, 1.82) is 0 Å². The average Bonchev–Trinajstić information content (AvgIpc) is 3.88. The van der Waals surface area contributed by atoms with Gasteiger partial charge >= 0.3 is 0 Å². The SMILES string of the molecule is [2H]C1=C([2H])C2=[N+](c3c([2H])c([2H])c([2H])c(-c4c([2H])c([2H])c([2H])c([2H])c4[2H])c3[2H])c3c([2H])c([2H])c4c(c3C2C([2H])=C1[2H])c1c([2H])c([2H])c([2H])c([2H])c1n4-c1c([2H])c([2H])c(-c2c([2H])c([2H])c([2H])c([2H])c2[2H])c([2H])c1[2H]. The fourth-order valence-corrected chi connectivity index (χ4v) is 5.32. The summed E-state index contributed by atoms with van der Waals surface area (Å²) in [5.74, 6) is -1.89. The zero-order valence-corrected chi connectivity index (χ0v) is 22.0. The van der Waals surface area contributed by atoms with Crippen molar-refractivity contribution in [3.63, 3.8) is 0 Å². The molecule has 9 rings (SSSR count). The first-order chi connectivity index (χ1) is 33.5.